The van der Waals surface area contributed by atoms with E-state index in [9.17, 15) is 19.5 Å². The maximum absolute atomic E-state index is 12.4. The van der Waals surface area contributed by atoms with Crippen molar-refractivity contribution in [3.63, 3.8) is 0 Å². The number of amides is 2. The number of carboxylic acids is 1. The van der Waals surface area contributed by atoms with Gasteiger partial charge in [0.15, 0.2) is 0 Å². The molecule has 0 aromatic carbocycles. The van der Waals surface area contributed by atoms with Gasteiger partial charge in [0.2, 0.25) is 5.91 Å². The van der Waals surface area contributed by atoms with Crippen molar-refractivity contribution in [2.45, 2.75) is 39.5 Å². The number of rotatable bonds is 4. The Hall–Kier alpha value is -1.89. The molecule has 1 saturated carbocycles. The Kier molecular flexibility index (Phi) is 4.85. The second-order valence-corrected chi connectivity index (χ2v) is 6.88. The van der Waals surface area contributed by atoms with Crippen LogP contribution < -0.4 is 16.2 Å². The van der Waals surface area contributed by atoms with E-state index in [1.54, 1.807) is 6.92 Å². The molecule has 2 atom stereocenters. The quantitative estimate of drug-likeness (QED) is 0.859. The second-order valence-electron chi connectivity index (χ2n) is 5.66. The molecule has 1 fully saturated rings. The molecule has 7 heteroatoms. The van der Waals surface area contributed by atoms with Gasteiger partial charge in [0.25, 0.3) is 5.91 Å². The third-order valence-corrected chi connectivity index (χ3v) is 5.40. The molecule has 3 N–H and O–H groups in total. The first-order valence-electron chi connectivity index (χ1n) is 7.24. The zero-order valence-electron chi connectivity index (χ0n) is 12.6. The second kappa shape index (κ2) is 6.48. The Morgan fingerprint density at radius 1 is 1.18 bits per heavy atom. The Balaban J connectivity index is 2.23. The van der Waals surface area contributed by atoms with E-state index in [1.165, 1.54) is 11.3 Å². The molecule has 1 aromatic rings. The summed E-state index contributed by atoms with van der Waals surface area (Å²) in [5.41, 5.74) is 6.42. The molecule has 6 nitrogen and oxygen atoms in total. The first-order valence-corrected chi connectivity index (χ1v) is 8.06. The third kappa shape index (κ3) is 3.14. The maximum atomic E-state index is 12.4. The van der Waals surface area contributed by atoms with Crippen LogP contribution in [-0.2, 0) is 9.59 Å². The summed E-state index contributed by atoms with van der Waals surface area (Å²) in [6.45, 7) is 3.61. The zero-order valence-corrected chi connectivity index (χ0v) is 13.4. The van der Waals surface area contributed by atoms with Gasteiger partial charge in [0, 0.05) is 22.7 Å². The fourth-order valence-electron chi connectivity index (χ4n) is 2.94. The summed E-state index contributed by atoms with van der Waals surface area (Å²) in [5, 5.41) is 14.3. The van der Waals surface area contributed by atoms with Crippen LogP contribution in [0.2, 0.25) is 0 Å². The summed E-state index contributed by atoms with van der Waals surface area (Å²) < 4.78 is 0. The number of aryl methyl sites for hydroxylation is 1. The van der Waals surface area contributed by atoms with Gasteiger partial charge in [-0.2, -0.15) is 0 Å². The number of anilines is 1. The van der Waals surface area contributed by atoms with Crippen LogP contribution in [0, 0.1) is 25.7 Å². The number of hydrogen-bond acceptors (Lipinski definition) is 5. The van der Waals surface area contributed by atoms with E-state index in [4.69, 9.17) is 5.73 Å². The summed E-state index contributed by atoms with van der Waals surface area (Å²) in [7, 11) is 0. The fourth-order valence-corrected chi connectivity index (χ4v) is 4.01. The number of nitrogens with two attached hydrogens (primary N) is 1. The normalized spacial score (nSPS) is 21.4. The minimum absolute atomic E-state index is 0.302. The minimum atomic E-state index is -1.19. The van der Waals surface area contributed by atoms with Gasteiger partial charge in [-0.15, -0.1) is 11.3 Å². The van der Waals surface area contributed by atoms with Gasteiger partial charge in [0.1, 0.15) is 5.00 Å². The van der Waals surface area contributed by atoms with Gasteiger partial charge in [0.05, 0.1) is 5.56 Å². The Morgan fingerprint density at radius 2 is 1.77 bits per heavy atom. The van der Waals surface area contributed by atoms with Crippen molar-refractivity contribution in [2.75, 3.05) is 5.32 Å². The Labute approximate surface area is 132 Å². The lowest BCUT2D eigenvalue weighted by atomic mass is 9.79. The van der Waals surface area contributed by atoms with Crippen LogP contribution in [0.5, 0.6) is 0 Å². The summed E-state index contributed by atoms with van der Waals surface area (Å²) in [5.74, 6) is -3.56. The molecule has 2 rings (SSSR count). The monoisotopic (exact) mass is 323 g/mol. The van der Waals surface area contributed by atoms with Crippen LogP contribution in [0.15, 0.2) is 0 Å². The highest BCUT2D eigenvalue weighted by Gasteiger charge is 2.32. The van der Waals surface area contributed by atoms with E-state index in [0.29, 0.717) is 23.4 Å². The molecule has 22 heavy (non-hydrogen) atoms. The molecular formula is C15H19N2O4S-. The smallest absolute Gasteiger partial charge is 0.251 e. The van der Waals surface area contributed by atoms with Crippen molar-refractivity contribution >= 4 is 34.1 Å². The molecule has 120 valence electrons. The van der Waals surface area contributed by atoms with Gasteiger partial charge in [-0.1, -0.05) is 12.8 Å². The Morgan fingerprint density at radius 3 is 2.32 bits per heavy atom. The average Bonchev–Trinajstić information content (AvgIpc) is 2.73. The number of primary amides is 1. The predicted molar refractivity (Wildman–Crippen MR) is 81.4 cm³/mol. The number of carbonyl (C=O) groups excluding carboxylic acids is 3. The average molecular weight is 323 g/mol. The van der Waals surface area contributed by atoms with Gasteiger partial charge >= 0.3 is 0 Å². The van der Waals surface area contributed by atoms with E-state index in [0.717, 1.165) is 23.3 Å². The molecule has 1 aliphatic rings. The number of aliphatic carboxylic acids is 1. The molecule has 0 saturated heterocycles. The molecule has 0 bridgehead atoms. The first-order chi connectivity index (χ1) is 10.3. The van der Waals surface area contributed by atoms with Crippen LogP contribution in [0.1, 0.15) is 46.5 Å². The topological polar surface area (TPSA) is 112 Å². The molecule has 1 aromatic heterocycles. The highest BCUT2D eigenvalue weighted by Crippen LogP contribution is 2.35. The molecule has 0 aliphatic heterocycles. The minimum Gasteiger partial charge on any atom is -0.550 e. The van der Waals surface area contributed by atoms with Crippen LogP contribution in [0.3, 0.4) is 0 Å². The summed E-state index contributed by atoms with van der Waals surface area (Å²) in [6, 6.07) is 0. The zero-order chi connectivity index (χ0) is 16.4. The largest absolute Gasteiger partial charge is 0.550 e. The molecular weight excluding hydrogens is 304 g/mol. The van der Waals surface area contributed by atoms with E-state index in [2.05, 4.69) is 5.32 Å². The van der Waals surface area contributed by atoms with E-state index in [1.807, 2.05) is 6.92 Å². The highest BCUT2D eigenvalue weighted by molar-refractivity contribution is 7.16. The van der Waals surface area contributed by atoms with Gasteiger partial charge < -0.3 is 21.0 Å². The molecule has 0 spiro atoms. The lowest BCUT2D eigenvalue weighted by Crippen LogP contribution is -2.42. The molecule has 1 aliphatic carbocycles. The van der Waals surface area contributed by atoms with Crippen molar-refractivity contribution in [1.82, 2.24) is 0 Å². The Bertz CT molecular complexity index is 623. The van der Waals surface area contributed by atoms with Crippen LogP contribution in [-0.4, -0.2) is 17.8 Å². The number of nitrogens with one attached hydrogen (secondary N) is 1. The number of hydrogen-bond donors (Lipinski definition) is 2. The van der Waals surface area contributed by atoms with Crippen LogP contribution >= 0.6 is 11.3 Å². The summed E-state index contributed by atoms with van der Waals surface area (Å²) in [6.07, 6.45) is 2.56. The van der Waals surface area contributed by atoms with Crippen molar-refractivity contribution < 1.29 is 19.5 Å². The first kappa shape index (κ1) is 16.5. The van der Waals surface area contributed by atoms with Gasteiger partial charge in [-0.05, 0) is 32.3 Å². The molecule has 1 heterocycles. The summed E-state index contributed by atoms with van der Waals surface area (Å²) in [4.78, 5) is 36.1. The third-order valence-electron chi connectivity index (χ3n) is 4.27. The van der Waals surface area contributed by atoms with E-state index < -0.39 is 23.7 Å². The lowest BCUT2D eigenvalue weighted by molar-refractivity contribution is -0.313. The summed E-state index contributed by atoms with van der Waals surface area (Å²) >= 11 is 1.28. The SMILES string of the molecule is Cc1sc(NC(=O)[C@H]2CCCC[C@H]2C(=O)[O-])c(C(N)=O)c1C. The standard InChI is InChI=1S/C15H20N2O4S/c1-7-8(2)22-14(11(7)12(16)18)17-13(19)9-5-3-4-6-10(9)15(20)21/h9-10H,3-6H2,1-2H3,(H2,16,18)(H,17,19)(H,20,21)/p-1/t9-,10+/m0/s1. The molecule has 0 radical (unpaired) electrons. The van der Waals surface area contributed by atoms with Crippen molar-refractivity contribution in [1.29, 1.82) is 0 Å². The fraction of sp³-hybridized carbons (Fsp3) is 0.533. The maximum Gasteiger partial charge on any atom is 0.251 e. The van der Waals surface area contributed by atoms with E-state index >= 15 is 0 Å². The number of thiophene rings is 1. The lowest BCUT2D eigenvalue weighted by Gasteiger charge is -2.31. The van der Waals surface area contributed by atoms with Crippen LogP contribution in [0.4, 0.5) is 5.00 Å². The van der Waals surface area contributed by atoms with Gasteiger partial charge in [-0.3, -0.25) is 9.59 Å². The number of carboxylic acid groups (broad SMARTS) is 1. The van der Waals surface area contributed by atoms with Crippen molar-refractivity contribution in [2.24, 2.45) is 17.6 Å². The molecule has 0 unspecified atom stereocenters. The molecule has 2 amide bonds. The number of carbonyl (C=O) groups is 3. The van der Waals surface area contributed by atoms with Crippen molar-refractivity contribution in [3.8, 4) is 0 Å². The highest BCUT2D eigenvalue weighted by atomic mass is 32.1. The van der Waals surface area contributed by atoms with E-state index in [-0.39, 0.29) is 5.91 Å². The van der Waals surface area contributed by atoms with Gasteiger partial charge in [-0.25, -0.2) is 0 Å². The van der Waals surface area contributed by atoms with Crippen LogP contribution in [0.25, 0.3) is 0 Å². The predicted octanol–water partition coefficient (Wildman–Crippen LogP) is 0.959. The van der Waals surface area contributed by atoms with Crippen molar-refractivity contribution in [3.05, 3.63) is 16.0 Å².